The summed E-state index contributed by atoms with van der Waals surface area (Å²) in [7, 11) is 1.60. The maximum Gasteiger partial charge on any atom is 0.273 e. The van der Waals surface area contributed by atoms with Gasteiger partial charge in [-0.25, -0.2) is 0 Å². The van der Waals surface area contributed by atoms with Crippen LogP contribution in [0.1, 0.15) is 40.9 Å². The number of nitrogens with zero attached hydrogens (tertiary/aromatic N) is 1. The minimum absolute atomic E-state index is 0.0554. The van der Waals surface area contributed by atoms with Crippen molar-refractivity contribution in [3.05, 3.63) is 69.3 Å². The van der Waals surface area contributed by atoms with Gasteiger partial charge in [-0.3, -0.25) is 14.9 Å². The van der Waals surface area contributed by atoms with E-state index in [1.807, 2.05) is 31.2 Å². The number of nitrogens with one attached hydrogen (secondary N) is 1. The van der Waals surface area contributed by atoms with Crippen molar-refractivity contribution < 1.29 is 14.5 Å². The molecule has 0 saturated carbocycles. The summed E-state index contributed by atoms with van der Waals surface area (Å²) in [6, 6.07) is 11.8. The second kappa shape index (κ2) is 7.59. The standard InChI is InChI=1S/C18H20N2O4/c1-4-16(13-8-10-14(24-3)11-9-13)19-18(21)15-6-5-7-17(12(15)2)20(22)23/h5-11,16H,4H2,1-3H3,(H,19,21)/t16-/m0/s1. The van der Waals surface area contributed by atoms with Gasteiger partial charge in [0.05, 0.1) is 18.1 Å². The highest BCUT2D eigenvalue weighted by atomic mass is 16.6. The van der Waals surface area contributed by atoms with Crippen LogP contribution >= 0.6 is 0 Å². The van der Waals surface area contributed by atoms with Gasteiger partial charge < -0.3 is 10.1 Å². The van der Waals surface area contributed by atoms with Crippen molar-refractivity contribution in [2.24, 2.45) is 0 Å². The van der Waals surface area contributed by atoms with Gasteiger partial charge in [-0.2, -0.15) is 0 Å². The summed E-state index contributed by atoms with van der Waals surface area (Å²) in [6.45, 7) is 3.55. The van der Waals surface area contributed by atoms with E-state index in [9.17, 15) is 14.9 Å². The average Bonchev–Trinajstić information content (AvgIpc) is 2.59. The molecule has 0 radical (unpaired) electrons. The highest BCUT2D eigenvalue weighted by molar-refractivity contribution is 5.96. The van der Waals surface area contributed by atoms with Gasteiger partial charge in [0.2, 0.25) is 0 Å². The average molecular weight is 328 g/mol. The first-order chi connectivity index (χ1) is 11.5. The second-order valence-electron chi connectivity index (χ2n) is 5.41. The van der Waals surface area contributed by atoms with E-state index >= 15 is 0 Å². The normalized spacial score (nSPS) is 11.6. The molecule has 1 N–H and O–H groups in total. The van der Waals surface area contributed by atoms with Crippen molar-refractivity contribution in [3.63, 3.8) is 0 Å². The SMILES string of the molecule is CC[C@H](NC(=O)c1cccc([N+](=O)[O-])c1C)c1ccc(OC)cc1. The number of ether oxygens (including phenoxy) is 1. The lowest BCUT2D eigenvalue weighted by molar-refractivity contribution is -0.385. The predicted octanol–water partition coefficient (Wildman–Crippen LogP) is 3.79. The Hall–Kier alpha value is -2.89. The third kappa shape index (κ3) is 3.71. The number of carbonyl (C=O) groups is 1. The fourth-order valence-electron chi connectivity index (χ4n) is 2.56. The summed E-state index contributed by atoms with van der Waals surface area (Å²) in [4.78, 5) is 23.1. The Morgan fingerprint density at radius 2 is 1.92 bits per heavy atom. The summed E-state index contributed by atoms with van der Waals surface area (Å²) in [6.07, 6.45) is 0.700. The Bertz CT molecular complexity index is 741. The molecule has 0 aliphatic carbocycles. The number of amides is 1. The van der Waals surface area contributed by atoms with Crippen molar-refractivity contribution in [2.45, 2.75) is 26.3 Å². The fourth-order valence-corrected chi connectivity index (χ4v) is 2.56. The molecule has 24 heavy (non-hydrogen) atoms. The first kappa shape index (κ1) is 17.5. The van der Waals surface area contributed by atoms with Crippen molar-refractivity contribution in [1.29, 1.82) is 0 Å². The van der Waals surface area contributed by atoms with Crippen LogP contribution in [0.3, 0.4) is 0 Å². The minimum atomic E-state index is -0.479. The lowest BCUT2D eigenvalue weighted by Crippen LogP contribution is -2.28. The van der Waals surface area contributed by atoms with Crippen molar-refractivity contribution in [1.82, 2.24) is 5.32 Å². The van der Waals surface area contributed by atoms with E-state index in [2.05, 4.69) is 5.32 Å². The van der Waals surface area contributed by atoms with Crippen LogP contribution < -0.4 is 10.1 Å². The minimum Gasteiger partial charge on any atom is -0.497 e. The maximum atomic E-state index is 12.5. The van der Waals surface area contributed by atoms with E-state index in [0.717, 1.165) is 11.3 Å². The zero-order valence-corrected chi connectivity index (χ0v) is 13.9. The second-order valence-corrected chi connectivity index (χ2v) is 5.41. The Labute approximate surface area is 140 Å². The van der Waals surface area contributed by atoms with E-state index < -0.39 is 4.92 Å². The van der Waals surface area contributed by atoms with Gasteiger partial charge in [-0.05, 0) is 37.1 Å². The third-order valence-electron chi connectivity index (χ3n) is 3.98. The van der Waals surface area contributed by atoms with E-state index in [4.69, 9.17) is 4.74 Å². The van der Waals surface area contributed by atoms with Crippen molar-refractivity contribution >= 4 is 11.6 Å². The van der Waals surface area contributed by atoms with Crippen LogP contribution in [0.2, 0.25) is 0 Å². The smallest absolute Gasteiger partial charge is 0.273 e. The summed E-state index contributed by atoms with van der Waals surface area (Å²) in [5.74, 6) is 0.424. The zero-order valence-electron chi connectivity index (χ0n) is 13.9. The van der Waals surface area contributed by atoms with Crippen LogP contribution in [-0.2, 0) is 0 Å². The lowest BCUT2D eigenvalue weighted by atomic mass is 10.0. The topological polar surface area (TPSA) is 81.5 Å². The van der Waals surface area contributed by atoms with Gasteiger partial charge in [-0.1, -0.05) is 25.1 Å². The monoisotopic (exact) mass is 328 g/mol. The number of rotatable bonds is 6. The first-order valence-electron chi connectivity index (χ1n) is 7.66. The molecule has 0 heterocycles. The van der Waals surface area contributed by atoms with E-state index in [-0.39, 0.29) is 17.6 Å². The quantitative estimate of drug-likeness (QED) is 0.646. The highest BCUT2D eigenvalue weighted by Crippen LogP contribution is 2.24. The van der Waals surface area contributed by atoms with E-state index in [1.165, 1.54) is 12.1 Å². The molecule has 2 aromatic rings. The molecule has 0 aliphatic heterocycles. The molecule has 1 atom stereocenters. The molecular formula is C18H20N2O4. The molecule has 1 amide bonds. The Kier molecular flexibility index (Phi) is 5.52. The zero-order chi connectivity index (χ0) is 17.7. The molecular weight excluding hydrogens is 308 g/mol. The van der Waals surface area contributed by atoms with Gasteiger partial charge >= 0.3 is 0 Å². The van der Waals surface area contributed by atoms with Crippen LogP contribution in [-0.4, -0.2) is 17.9 Å². The molecule has 0 saturated heterocycles. The van der Waals surface area contributed by atoms with Crippen LogP contribution in [0.15, 0.2) is 42.5 Å². The largest absolute Gasteiger partial charge is 0.497 e. The number of hydrogen-bond donors (Lipinski definition) is 1. The molecule has 6 nitrogen and oxygen atoms in total. The highest BCUT2D eigenvalue weighted by Gasteiger charge is 2.20. The molecule has 6 heteroatoms. The molecule has 2 aromatic carbocycles. The van der Waals surface area contributed by atoms with E-state index in [1.54, 1.807) is 20.1 Å². The first-order valence-corrected chi connectivity index (χ1v) is 7.66. The molecule has 0 aromatic heterocycles. The lowest BCUT2D eigenvalue weighted by Gasteiger charge is -2.18. The number of nitro benzene ring substituents is 1. The number of benzene rings is 2. The Morgan fingerprint density at radius 3 is 2.46 bits per heavy atom. The Balaban J connectivity index is 2.23. The summed E-state index contributed by atoms with van der Waals surface area (Å²) >= 11 is 0. The van der Waals surface area contributed by atoms with Gasteiger partial charge in [0, 0.05) is 17.2 Å². The molecule has 0 fully saturated rings. The number of methoxy groups -OCH3 is 1. The molecule has 0 aliphatic rings. The fraction of sp³-hybridized carbons (Fsp3) is 0.278. The van der Waals surface area contributed by atoms with Crippen LogP contribution in [0, 0.1) is 17.0 Å². The van der Waals surface area contributed by atoms with Crippen LogP contribution in [0.5, 0.6) is 5.75 Å². The molecule has 0 bridgehead atoms. The van der Waals surface area contributed by atoms with Crippen molar-refractivity contribution in [3.8, 4) is 5.75 Å². The maximum absolute atomic E-state index is 12.5. The van der Waals surface area contributed by atoms with Crippen LogP contribution in [0.4, 0.5) is 5.69 Å². The van der Waals surface area contributed by atoms with Crippen molar-refractivity contribution in [2.75, 3.05) is 7.11 Å². The van der Waals surface area contributed by atoms with Gasteiger partial charge in [-0.15, -0.1) is 0 Å². The number of hydrogen-bond acceptors (Lipinski definition) is 4. The molecule has 0 unspecified atom stereocenters. The van der Waals surface area contributed by atoms with Crippen LogP contribution in [0.25, 0.3) is 0 Å². The summed E-state index contributed by atoms with van der Waals surface area (Å²) in [5, 5.41) is 14.0. The summed E-state index contributed by atoms with van der Waals surface area (Å²) < 4.78 is 5.13. The molecule has 0 spiro atoms. The molecule has 126 valence electrons. The molecule has 2 rings (SSSR count). The predicted molar refractivity (Wildman–Crippen MR) is 91.3 cm³/mol. The number of nitro groups is 1. The Morgan fingerprint density at radius 1 is 1.25 bits per heavy atom. The number of carbonyl (C=O) groups excluding carboxylic acids is 1. The summed E-state index contributed by atoms with van der Waals surface area (Å²) in [5.41, 5.74) is 1.58. The van der Waals surface area contributed by atoms with Gasteiger partial charge in [0.25, 0.3) is 11.6 Å². The van der Waals surface area contributed by atoms with Gasteiger partial charge in [0.1, 0.15) is 5.75 Å². The third-order valence-corrected chi connectivity index (χ3v) is 3.98. The van der Waals surface area contributed by atoms with Gasteiger partial charge in [0.15, 0.2) is 0 Å². The van der Waals surface area contributed by atoms with E-state index in [0.29, 0.717) is 17.5 Å².